The van der Waals surface area contributed by atoms with E-state index in [2.05, 4.69) is 45.1 Å². The molecule has 3 heteroatoms. The van der Waals surface area contributed by atoms with Gasteiger partial charge in [-0.15, -0.1) is 0 Å². The van der Waals surface area contributed by atoms with E-state index in [-0.39, 0.29) is 12.2 Å². The van der Waals surface area contributed by atoms with Crippen LogP contribution in [0.15, 0.2) is 35.5 Å². The minimum absolute atomic E-state index is 0.384. The zero-order chi connectivity index (χ0) is 23.2. The molecule has 3 aliphatic carbocycles. The molecule has 3 nitrogen and oxygen atoms in total. The van der Waals surface area contributed by atoms with Gasteiger partial charge in [-0.3, -0.25) is 0 Å². The van der Waals surface area contributed by atoms with Crippen LogP contribution in [0.1, 0.15) is 111 Å². The first-order valence-electron chi connectivity index (χ1n) is 13.4. The van der Waals surface area contributed by atoms with E-state index < -0.39 is 5.60 Å². The molecule has 0 amide bonds. The van der Waals surface area contributed by atoms with Crippen LogP contribution in [-0.4, -0.2) is 33.1 Å². The second kappa shape index (κ2) is 11.5. The number of hydrogen-bond donors (Lipinski definition) is 3. The van der Waals surface area contributed by atoms with Gasteiger partial charge in [0.05, 0.1) is 17.8 Å². The number of aliphatic hydroxyl groups is 3. The summed E-state index contributed by atoms with van der Waals surface area (Å²) in [6.07, 6.45) is 23.0. The van der Waals surface area contributed by atoms with Crippen molar-refractivity contribution in [3.05, 3.63) is 35.5 Å². The van der Waals surface area contributed by atoms with Crippen LogP contribution >= 0.6 is 0 Å². The second-order valence-electron chi connectivity index (χ2n) is 11.5. The summed E-state index contributed by atoms with van der Waals surface area (Å²) < 4.78 is 0. The van der Waals surface area contributed by atoms with Crippen LogP contribution in [0.5, 0.6) is 0 Å². The predicted molar refractivity (Wildman–Crippen MR) is 133 cm³/mol. The standard InChI is InChI=1S/C29H48O3/c1-4-29(32,5-2)15-7-6-9-22(3)25-13-16-28(21-25)14-8-10-23(20-28)11-12-24-17-26(30)19-27(31)18-24/h6-7,11-12,22,25-27,30-32H,4-5,8-10,13-21H2,1-3H3/b7-6+,23-11+,24-12?/t22?,25-,26-,27+,28-/m1/s1. The van der Waals surface area contributed by atoms with Gasteiger partial charge in [0.25, 0.3) is 0 Å². The summed E-state index contributed by atoms with van der Waals surface area (Å²) >= 11 is 0. The van der Waals surface area contributed by atoms with Gasteiger partial charge in [0.1, 0.15) is 0 Å². The van der Waals surface area contributed by atoms with Crippen molar-refractivity contribution < 1.29 is 15.3 Å². The van der Waals surface area contributed by atoms with Crippen molar-refractivity contribution in [2.75, 3.05) is 0 Å². The fraction of sp³-hybridized carbons (Fsp3) is 0.793. The zero-order valence-corrected chi connectivity index (χ0v) is 20.9. The highest BCUT2D eigenvalue weighted by atomic mass is 16.3. The summed E-state index contributed by atoms with van der Waals surface area (Å²) in [5.41, 5.74) is 2.75. The molecule has 3 aliphatic rings. The summed E-state index contributed by atoms with van der Waals surface area (Å²) in [5.74, 6) is 1.53. The van der Waals surface area contributed by atoms with Crippen molar-refractivity contribution in [2.24, 2.45) is 17.3 Å². The Morgan fingerprint density at radius 2 is 1.72 bits per heavy atom. The molecule has 0 aromatic heterocycles. The van der Waals surface area contributed by atoms with Crippen LogP contribution in [0.4, 0.5) is 0 Å². The van der Waals surface area contributed by atoms with Crippen molar-refractivity contribution in [1.82, 2.24) is 0 Å². The van der Waals surface area contributed by atoms with E-state index >= 15 is 0 Å². The first-order valence-corrected chi connectivity index (χ1v) is 13.4. The Morgan fingerprint density at radius 1 is 1.03 bits per heavy atom. The monoisotopic (exact) mass is 444 g/mol. The minimum atomic E-state index is -0.523. The molecular weight excluding hydrogens is 396 g/mol. The van der Waals surface area contributed by atoms with Gasteiger partial charge in [-0.1, -0.05) is 56.2 Å². The van der Waals surface area contributed by atoms with Gasteiger partial charge < -0.3 is 15.3 Å². The number of aliphatic hydroxyl groups excluding tert-OH is 2. The third-order valence-electron chi connectivity index (χ3n) is 8.94. The Morgan fingerprint density at radius 3 is 2.41 bits per heavy atom. The molecule has 0 bridgehead atoms. The molecule has 32 heavy (non-hydrogen) atoms. The molecule has 0 saturated heterocycles. The largest absolute Gasteiger partial charge is 0.393 e. The SMILES string of the molecule is CCC(O)(CC)C/C=C/CC(C)[C@@H]1CC[C@@]2(CCC/C(=C\C=C3C[C@@H](O)C[C@@H](O)C3)C2)C1. The average molecular weight is 445 g/mol. The van der Waals surface area contributed by atoms with Crippen LogP contribution in [0.25, 0.3) is 0 Å². The summed E-state index contributed by atoms with van der Waals surface area (Å²) in [4.78, 5) is 0. The molecule has 3 saturated carbocycles. The summed E-state index contributed by atoms with van der Waals surface area (Å²) in [5, 5.41) is 30.3. The Labute approximate surface area is 196 Å². The molecule has 0 radical (unpaired) electrons. The molecule has 0 aromatic rings. The number of rotatable bonds is 8. The van der Waals surface area contributed by atoms with E-state index in [0.29, 0.717) is 30.6 Å². The summed E-state index contributed by atoms with van der Waals surface area (Å²) in [7, 11) is 0. The molecule has 1 unspecified atom stereocenters. The molecule has 1 spiro atoms. The lowest BCUT2D eigenvalue weighted by Gasteiger charge is -2.36. The van der Waals surface area contributed by atoms with Gasteiger partial charge in [-0.2, -0.15) is 0 Å². The third-order valence-corrected chi connectivity index (χ3v) is 8.94. The predicted octanol–water partition coefficient (Wildman–Crippen LogP) is 6.63. The highest BCUT2D eigenvalue weighted by Crippen LogP contribution is 2.54. The molecule has 0 aromatic carbocycles. The maximum absolute atomic E-state index is 10.5. The quantitative estimate of drug-likeness (QED) is 0.368. The minimum Gasteiger partial charge on any atom is -0.393 e. The van der Waals surface area contributed by atoms with Crippen LogP contribution in [0.2, 0.25) is 0 Å². The molecule has 3 fully saturated rings. The van der Waals surface area contributed by atoms with E-state index in [1.54, 1.807) is 5.57 Å². The van der Waals surface area contributed by atoms with Crippen molar-refractivity contribution in [3.8, 4) is 0 Å². The van der Waals surface area contributed by atoms with Crippen LogP contribution < -0.4 is 0 Å². The van der Waals surface area contributed by atoms with Crippen LogP contribution in [-0.2, 0) is 0 Å². The van der Waals surface area contributed by atoms with Gasteiger partial charge in [-0.25, -0.2) is 0 Å². The lowest BCUT2D eigenvalue weighted by molar-refractivity contribution is 0.0352. The van der Waals surface area contributed by atoms with Gasteiger partial charge in [0, 0.05) is 0 Å². The number of allylic oxidation sites excluding steroid dienone is 4. The first kappa shape index (κ1) is 25.7. The zero-order valence-electron chi connectivity index (χ0n) is 20.9. The fourth-order valence-corrected chi connectivity index (χ4v) is 6.50. The molecule has 0 aliphatic heterocycles. The van der Waals surface area contributed by atoms with E-state index in [4.69, 9.17) is 0 Å². The average Bonchev–Trinajstić information content (AvgIpc) is 3.17. The summed E-state index contributed by atoms with van der Waals surface area (Å²) in [6.45, 7) is 6.57. The van der Waals surface area contributed by atoms with Crippen molar-refractivity contribution in [2.45, 2.75) is 128 Å². The Balaban J connectivity index is 1.51. The third kappa shape index (κ3) is 7.05. The smallest absolute Gasteiger partial charge is 0.0676 e. The molecule has 3 N–H and O–H groups in total. The Kier molecular flexibility index (Phi) is 9.23. The van der Waals surface area contributed by atoms with Crippen molar-refractivity contribution in [3.63, 3.8) is 0 Å². The lowest BCUT2D eigenvalue weighted by atomic mass is 9.69. The maximum atomic E-state index is 10.5. The maximum Gasteiger partial charge on any atom is 0.0676 e. The van der Waals surface area contributed by atoms with Gasteiger partial charge in [-0.05, 0) is 107 Å². The normalized spacial score (nSPS) is 35.4. The summed E-state index contributed by atoms with van der Waals surface area (Å²) in [6, 6.07) is 0. The lowest BCUT2D eigenvalue weighted by Crippen LogP contribution is -2.25. The van der Waals surface area contributed by atoms with E-state index in [0.717, 1.165) is 31.6 Å². The van der Waals surface area contributed by atoms with Gasteiger partial charge in [0.15, 0.2) is 0 Å². The molecule has 5 atom stereocenters. The van der Waals surface area contributed by atoms with E-state index in [1.165, 1.54) is 50.5 Å². The van der Waals surface area contributed by atoms with E-state index in [9.17, 15) is 15.3 Å². The number of hydrogen-bond acceptors (Lipinski definition) is 3. The van der Waals surface area contributed by atoms with Gasteiger partial charge in [0.2, 0.25) is 0 Å². The molecular formula is C29H48O3. The molecule has 182 valence electrons. The topological polar surface area (TPSA) is 60.7 Å². The highest BCUT2D eigenvalue weighted by Gasteiger charge is 2.42. The highest BCUT2D eigenvalue weighted by molar-refractivity contribution is 5.23. The van der Waals surface area contributed by atoms with Crippen molar-refractivity contribution in [1.29, 1.82) is 0 Å². The Hall–Kier alpha value is -0.900. The van der Waals surface area contributed by atoms with Crippen molar-refractivity contribution >= 4 is 0 Å². The van der Waals surface area contributed by atoms with Crippen LogP contribution in [0.3, 0.4) is 0 Å². The van der Waals surface area contributed by atoms with E-state index in [1.807, 2.05) is 0 Å². The Bertz CT molecular complexity index is 675. The first-order chi connectivity index (χ1) is 15.3. The van der Waals surface area contributed by atoms with Crippen LogP contribution in [0, 0.1) is 17.3 Å². The molecule has 0 heterocycles. The second-order valence-corrected chi connectivity index (χ2v) is 11.5. The molecule has 3 rings (SSSR count). The fourth-order valence-electron chi connectivity index (χ4n) is 6.50. The van der Waals surface area contributed by atoms with Gasteiger partial charge >= 0.3 is 0 Å².